The van der Waals surface area contributed by atoms with E-state index in [0.717, 1.165) is 39.9 Å². The zero-order chi connectivity index (χ0) is 20.0. The molecule has 0 atom stereocenters. The van der Waals surface area contributed by atoms with Gasteiger partial charge in [0.05, 0.1) is 23.5 Å². The molecule has 1 aliphatic rings. The van der Waals surface area contributed by atoms with Crippen molar-refractivity contribution in [2.45, 2.75) is 13.8 Å². The van der Waals surface area contributed by atoms with Crippen LogP contribution in [0.1, 0.15) is 15.4 Å². The van der Waals surface area contributed by atoms with E-state index >= 15 is 0 Å². The summed E-state index contributed by atoms with van der Waals surface area (Å²) in [6.07, 6.45) is 0. The average Bonchev–Trinajstić information content (AvgIpc) is 3.17. The van der Waals surface area contributed by atoms with Crippen molar-refractivity contribution in [3.8, 4) is 11.3 Å². The van der Waals surface area contributed by atoms with E-state index in [1.54, 1.807) is 0 Å². The number of thiazole rings is 1. The second kappa shape index (κ2) is 6.83. The lowest BCUT2D eigenvalue weighted by Crippen LogP contribution is -2.27. The number of aryl methyl sites for hydroxylation is 2. The topological polar surface area (TPSA) is 60.2 Å². The standard InChI is InChI=1S/C21H17F2N3OS/c1-11-3-5-13(6-4-11)19-12(2)28-21(25-19)18-17(27)10-26(20(18)24)16-9-14(22)7-8-15(16)23/h3-9,24,27H,10H2,1-2H3. The second-order valence-corrected chi connectivity index (χ2v) is 7.85. The molecule has 0 amide bonds. The lowest BCUT2D eigenvalue weighted by atomic mass is 10.1. The monoisotopic (exact) mass is 397 g/mol. The van der Waals surface area contributed by atoms with E-state index in [4.69, 9.17) is 5.41 Å². The Hall–Kier alpha value is -3.06. The lowest BCUT2D eigenvalue weighted by molar-refractivity contribution is 0.411. The van der Waals surface area contributed by atoms with Crippen LogP contribution in [0.3, 0.4) is 0 Å². The van der Waals surface area contributed by atoms with Crippen molar-refractivity contribution < 1.29 is 13.9 Å². The number of hydrogen-bond donors (Lipinski definition) is 2. The molecule has 0 spiro atoms. The number of aliphatic hydroxyl groups excluding tert-OH is 1. The third kappa shape index (κ3) is 3.07. The maximum absolute atomic E-state index is 14.2. The Morgan fingerprint density at radius 2 is 1.82 bits per heavy atom. The van der Waals surface area contributed by atoms with E-state index < -0.39 is 11.6 Å². The quantitative estimate of drug-likeness (QED) is 0.616. The molecule has 0 bridgehead atoms. The van der Waals surface area contributed by atoms with E-state index in [1.807, 2.05) is 38.1 Å². The molecule has 7 heteroatoms. The number of anilines is 1. The first kappa shape index (κ1) is 18.3. The zero-order valence-corrected chi connectivity index (χ0v) is 16.1. The molecule has 1 aromatic heterocycles. The van der Waals surface area contributed by atoms with Gasteiger partial charge in [-0.15, -0.1) is 11.3 Å². The highest BCUT2D eigenvalue weighted by Gasteiger charge is 2.33. The Labute approximate surface area is 164 Å². The molecule has 28 heavy (non-hydrogen) atoms. The molecular weight excluding hydrogens is 380 g/mol. The molecule has 4 nitrogen and oxygen atoms in total. The number of nitrogens with zero attached hydrogens (tertiary/aromatic N) is 2. The van der Waals surface area contributed by atoms with Gasteiger partial charge in [-0.25, -0.2) is 13.8 Å². The molecule has 0 unspecified atom stereocenters. The molecule has 0 aliphatic carbocycles. The summed E-state index contributed by atoms with van der Waals surface area (Å²) in [5.74, 6) is -1.45. The summed E-state index contributed by atoms with van der Waals surface area (Å²) in [6.45, 7) is 3.83. The van der Waals surface area contributed by atoms with E-state index in [2.05, 4.69) is 4.98 Å². The largest absolute Gasteiger partial charge is 0.510 e. The van der Waals surface area contributed by atoms with Gasteiger partial charge in [0.1, 0.15) is 28.2 Å². The summed E-state index contributed by atoms with van der Waals surface area (Å²) in [4.78, 5) is 6.81. The number of aliphatic hydroxyl groups is 1. The molecule has 2 heterocycles. The third-order valence-corrected chi connectivity index (χ3v) is 5.63. The summed E-state index contributed by atoms with van der Waals surface area (Å²) in [5.41, 5.74) is 3.03. The minimum atomic E-state index is -0.657. The number of halogens is 2. The van der Waals surface area contributed by atoms with Crippen molar-refractivity contribution in [1.29, 1.82) is 5.41 Å². The van der Waals surface area contributed by atoms with Crippen molar-refractivity contribution >= 4 is 28.4 Å². The van der Waals surface area contributed by atoms with Crippen molar-refractivity contribution in [2.24, 2.45) is 0 Å². The first-order valence-electron chi connectivity index (χ1n) is 8.63. The van der Waals surface area contributed by atoms with Gasteiger partial charge in [-0.05, 0) is 26.0 Å². The first-order chi connectivity index (χ1) is 13.3. The minimum Gasteiger partial charge on any atom is -0.510 e. The Morgan fingerprint density at radius 3 is 2.54 bits per heavy atom. The molecule has 0 saturated carbocycles. The van der Waals surface area contributed by atoms with Gasteiger partial charge >= 0.3 is 0 Å². The summed E-state index contributed by atoms with van der Waals surface area (Å²) in [5, 5.41) is 19.4. The fraction of sp³-hybridized carbons (Fsp3) is 0.143. The van der Waals surface area contributed by atoms with Gasteiger partial charge in [-0.2, -0.15) is 0 Å². The van der Waals surface area contributed by atoms with Crippen LogP contribution in [0.4, 0.5) is 14.5 Å². The molecule has 0 saturated heterocycles. The zero-order valence-electron chi connectivity index (χ0n) is 15.3. The van der Waals surface area contributed by atoms with Crippen molar-refractivity contribution in [2.75, 3.05) is 11.4 Å². The van der Waals surface area contributed by atoms with Crippen LogP contribution in [-0.2, 0) is 0 Å². The second-order valence-electron chi connectivity index (χ2n) is 6.64. The predicted molar refractivity (Wildman–Crippen MR) is 108 cm³/mol. The molecule has 1 aliphatic heterocycles. The Morgan fingerprint density at radius 1 is 1.11 bits per heavy atom. The van der Waals surface area contributed by atoms with Gasteiger partial charge in [0, 0.05) is 16.5 Å². The third-order valence-electron chi connectivity index (χ3n) is 4.64. The van der Waals surface area contributed by atoms with Crippen molar-refractivity contribution in [1.82, 2.24) is 4.98 Å². The van der Waals surface area contributed by atoms with Gasteiger partial charge in [0.15, 0.2) is 0 Å². The van der Waals surface area contributed by atoms with E-state index in [1.165, 1.54) is 16.2 Å². The smallest absolute Gasteiger partial charge is 0.147 e. The number of aromatic nitrogens is 1. The highest BCUT2D eigenvalue weighted by Crippen LogP contribution is 2.37. The highest BCUT2D eigenvalue weighted by molar-refractivity contribution is 7.13. The molecule has 142 valence electrons. The van der Waals surface area contributed by atoms with Crippen LogP contribution < -0.4 is 4.90 Å². The highest BCUT2D eigenvalue weighted by atomic mass is 32.1. The lowest BCUT2D eigenvalue weighted by Gasteiger charge is -2.19. The number of hydrogen-bond acceptors (Lipinski definition) is 4. The number of benzene rings is 2. The van der Waals surface area contributed by atoms with Crippen LogP contribution in [0.15, 0.2) is 48.2 Å². The van der Waals surface area contributed by atoms with Gasteiger partial charge in [0.25, 0.3) is 0 Å². The molecule has 0 fully saturated rings. The van der Waals surface area contributed by atoms with E-state index in [9.17, 15) is 13.9 Å². The number of rotatable bonds is 3. The molecular formula is C21H17F2N3OS. The summed E-state index contributed by atoms with van der Waals surface area (Å²) in [7, 11) is 0. The molecule has 4 rings (SSSR count). The SMILES string of the molecule is Cc1ccc(-c2nc(C3=C(O)CN(c4cc(F)ccc4F)C3=N)sc2C)cc1. The fourth-order valence-corrected chi connectivity index (χ4v) is 4.19. The Kier molecular flexibility index (Phi) is 4.47. The first-order valence-corrected chi connectivity index (χ1v) is 9.45. The van der Waals surface area contributed by atoms with Gasteiger partial charge in [-0.1, -0.05) is 29.8 Å². The van der Waals surface area contributed by atoms with E-state index in [-0.39, 0.29) is 29.4 Å². The van der Waals surface area contributed by atoms with Crippen LogP contribution >= 0.6 is 11.3 Å². The predicted octanol–water partition coefficient (Wildman–Crippen LogP) is 5.47. The normalized spacial score (nSPS) is 14.3. The van der Waals surface area contributed by atoms with Crippen LogP contribution in [0.25, 0.3) is 16.8 Å². The van der Waals surface area contributed by atoms with Crippen LogP contribution in [0.2, 0.25) is 0 Å². The van der Waals surface area contributed by atoms with Crippen LogP contribution in [0.5, 0.6) is 0 Å². The van der Waals surface area contributed by atoms with Gasteiger partial charge in [-0.3, -0.25) is 5.41 Å². The Bertz CT molecular complexity index is 1120. The molecule has 3 aromatic rings. The summed E-state index contributed by atoms with van der Waals surface area (Å²) < 4.78 is 27.7. The Balaban J connectivity index is 1.71. The molecule has 2 aromatic carbocycles. The fourth-order valence-electron chi connectivity index (χ4n) is 3.19. The number of amidine groups is 1. The number of nitrogens with one attached hydrogen (secondary N) is 1. The minimum absolute atomic E-state index is 0.0846. The maximum atomic E-state index is 14.2. The van der Waals surface area contributed by atoms with Gasteiger partial charge < -0.3 is 10.0 Å². The molecule has 2 N–H and O–H groups in total. The van der Waals surface area contributed by atoms with Crippen molar-refractivity contribution in [3.63, 3.8) is 0 Å². The summed E-state index contributed by atoms with van der Waals surface area (Å²) in [6, 6.07) is 11.0. The average molecular weight is 397 g/mol. The van der Waals surface area contributed by atoms with E-state index in [0.29, 0.717) is 5.01 Å². The summed E-state index contributed by atoms with van der Waals surface area (Å²) >= 11 is 1.36. The van der Waals surface area contributed by atoms with Crippen LogP contribution in [-0.4, -0.2) is 22.5 Å². The van der Waals surface area contributed by atoms with Crippen LogP contribution in [0, 0.1) is 30.9 Å². The van der Waals surface area contributed by atoms with Gasteiger partial charge in [0.2, 0.25) is 0 Å². The van der Waals surface area contributed by atoms with Crippen molar-refractivity contribution in [3.05, 3.63) is 75.3 Å². The molecule has 0 radical (unpaired) electrons. The maximum Gasteiger partial charge on any atom is 0.147 e.